The van der Waals surface area contributed by atoms with Crippen molar-refractivity contribution in [3.05, 3.63) is 41.7 Å². The molecule has 1 heterocycles. The molecule has 1 amide bonds. The van der Waals surface area contributed by atoms with E-state index in [1.54, 1.807) is 19.4 Å². The standard InChI is InChI=1S/C13H15N3O2/c1-8-3-4-12(18-2)10(5-8)16-13(17)11-6-9(14)7-15-11/h3-7,15H,14H2,1-2H3,(H,16,17). The highest BCUT2D eigenvalue weighted by atomic mass is 16.5. The van der Waals surface area contributed by atoms with Crippen LogP contribution >= 0.6 is 0 Å². The lowest BCUT2D eigenvalue weighted by Gasteiger charge is -2.10. The van der Waals surface area contributed by atoms with Gasteiger partial charge in [0.1, 0.15) is 11.4 Å². The van der Waals surface area contributed by atoms with Crippen LogP contribution in [0.1, 0.15) is 16.1 Å². The van der Waals surface area contributed by atoms with Crippen LogP contribution in [-0.4, -0.2) is 18.0 Å². The second-order valence-corrected chi connectivity index (χ2v) is 4.00. The Bertz CT molecular complexity index is 575. The number of nitrogens with one attached hydrogen (secondary N) is 2. The lowest BCUT2D eigenvalue weighted by atomic mass is 10.2. The van der Waals surface area contributed by atoms with Crippen molar-refractivity contribution in [2.24, 2.45) is 0 Å². The van der Waals surface area contributed by atoms with Crippen molar-refractivity contribution in [2.75, 3.05) is 18.2 Å². The summed E-state index contributed by atoms with van der Waals surface area (Å²) in [5, 5.41) is 2.78. The van der Waals surface area contributed by atoms with Crippen molar-refractivity contribution in [1.29, 1.82) is 0 Å². The number of carbonyl (C=O) groups is 1. The normalized spacial score (nSPS) is 10.1. The van der Waals surface area contributed by atoms with E-state index in [-0.39, 0.29) is 5.91 Å². The quantitative estimate of drug-likeness (QED) is 0.775. The van der Waals surface area contributed by atoms with E-state index in [1.807, 2.05) is 25.1 Å². The molecule has 0 unspecified atom stereocenters. The van der Waals surface area contributed by atoms with Gasteiger partial charge in [-0.3, -0.25) is 4.79 Å². The predicted molar refractivity (Wildman–Crippen MR) is 70.9 cm³/mol. The van der Waals surface area contributed by atoms with Crippen LogP contribution < -0.4 is 15.8 Å². The molecule has 2 aromatic rings. The highest BCUT2D eigenvalue weighted by Crippen LogP contribution is 2.25. The summed E-state index contributed by atoms with van der Waals surface area (Å²) in [4.78, 5) is 14.8. The Kier molecular flexibility index (Phi) is 3.23. The van der Waals surface area contributed by atoms with E-state index in [1.165, 1.54) is 0 Å². The molecule has 0 atom stereocenters. The number of carbonyl (C=O) groups excluding carboxylic acids is 1. The van der Waals surface area contributed by atoms with Gasteiger partial charge in [-0.15, -0.1) is 0 Å². The Morgan fingerprint density at radius 3 is 2.78 bits per heavy atom. The van der Waals surface area contributed by atoms with Crippen LogP contribution in [0.5, 0.6) is 5.75 Å². The highest BCUT2D eigenvalue weighted by Gasteiger charge is 2.11. The zero-order valence-electron chi connectivity index (χ0n) is 10.3. The van der Waals surface area contributed by atoms with Crippen LogP contribution in [0.4, 0.5) is 11.4 Å². The largest absolute Gasteiger partial charge is 0.495 e. The fraction of sp³-hybridized carbons (Fsp3) is 0.154. The summed E-state index contributed by atoms with van der Waals surface area (Å²) in [5.41, 5.74) is 8.17. The molecule has 1 aromatic heterocycles. The van der Waals surface area contributed by atoms with Gasteiger partial charge >= 0.3 is 0 Å². The summed E-state index contributed by atoms with van der Waals surface area (Å²) >= 11 is 0. The summed E-state index contributed by atoms with van der Waals surface area (Å²) in [6.07, 6.45) is 1.57. The number of hydrogen-bond acceptors (Lipinski definition) is 3. The maximum Gasteiger partial charge on any atom is 0.272 e. The fourth-order valence-electron chi connectivity index (χ4n) is 1.65. The van der Waals surface area contributed by atoms with Gasteiger partial charge in [-0.05, 0) is 30.7 Å². The second-order valence-electron chi connectivity index (χ2n) is 4.00. The zero-order valence-corrected chi connectivity index (χ0v) is 10.3. The molecule has 0 aliphatic carbocycles. The molecule has 5 heteroatoms. The number of aromatic nitrogens is 1. The Morgan fingerprint density at radius 1 is 1.39 bits per heavy atom. The Hall–Kier alpha value is -2.43. The van der Waals surface area contributed by atoms with Gasteiger partial charge in [0, 0.05) is 11.9 Å². The summed E-state index contributed by atoms with van der Waals surface area (Å²) in [6.45, 7) is 1.95. The van der Waals surface area contributed by atoms with E-state index in [2.05, 4.69) is 10.3 Å². The van der Waals surface area contributed by atoms with E-state index < -0.39 is 0 Å². The minimum Gasteiger partial charge on any atom is -0.495 e. The first-order valence-electron chi connectivity index (χ1n) is 5.50. The summed E-state index contributed by atoms with van der Waals surface area (Å²) in [6, 6.07) is 7.16. The first-order valence-corrected chi connectivity index (χ1v) is 5.50. The lowest BCUT2D eigenvalue weighted by molar-refractivity contribution is 0.102. The Balaban J connectivity index is 2.23. The number of anilines is 2. The number of nitrogens with two attached hydrogens (primary N) is 1. The smallest absolute Gasteiger partial charge is 0.272 e. The van der Waals surface area contributed by atoms with Crippen molar-refractivity contribution in [3.8, 4) is 5.75 Å². The van der Waals surface area contributed by atoms with Crippen molar-refractivity contribution >= 4 is 17.3 Å². The Labute approximate surface area is 105 Å². The van der Waals surface area contributed by atoms with Gasteiger partial charge in [0.05, 0.1) is 12.8 Å². The van der Waals surface area contributed by atoms with Gasteiger partial charge in [0.15, 0.2) is 0 Å². The number of aromatic amines is 1. The minimum absolute atomic E-state index is 0.254. The summed E-state index contributed by atoms with van der Waals surface area (Å²) in [7, 11) is 1.56. The number of H-pyrrole nitrogens is 1. The molecule has 94 valence electrons. The number of nitrogen functional groups attached to an aromatic ring is 1. The van der Waals surface area contributed by atoms with Gasteiger partial charge in [0.2, 0.25) is 0 Å². The van der Waals surface area contributed by atoms with E-state index in [4.69, 9.17) is 10.5 Å². The molecular formula is C13H15N3O2. The maximum absolute atomic E-state index is 12.0. The van der Waals surface area contributed by atoms with Crippen LogP contribution in [0.25, 0.3) is 0 Å². The molecule has 1 aromatic carbocycles. The van der Waals surface area contributed by atoms with E-state index in [0.29, 0.717) is 22.8 Å². The molecule has 0 aliphatic heterocycles. The predicted octanol–water partition coefficient (Wildman–Crippen LogP) is 2.17. The number of methoxy groups -OCH3 is 1. The topological polar surface area (TPSA) is 80.1 Å². The van der Waals surface area contributed by atoms with Gasteiger partial charge in [-0.2, -0.15) is 0 Å². The van der Waals surface area contributed by atoms with Crippen molar-refractivity contribution in [2.45, 2.75) is 6.92 Å². The van der Waals surface area contributed by atoms with E-state index in [9.17, 15) is 4.79 Å². The molecule has 0 saturated carbocycles. The van der Waals surface area contributed by atoms with Crippen molar-refractivity contribution < 1.29 is 9.53 Å². The molecule has 0 radical (unpaired) electrons. The average molecular weight is 245 g/mol. The third-order valence-corrected chi connectivity index (χ3v) is 2.55. The SMILES string of the molecule is COc1ccc(C)cc1NC(=O)c1cc(N)c[nH]1. The molecule has 0 saturated heterocycles. The highest BCUT2D eigenvalue weighted by molar-refractivity contribution is 6.04. The van der Waals surface area contributed by atoms with Crippen LogP contribution in [0, 0.1) is 6.92 Å². The molecule has 0 bridgehead atoms. The first kappa shape index (κ1) is 12.0. The number of ether oxygens (including phenoxy) is 1. The van der Waals surface area contributed by atoms with Gasteiger partial charge < -0.3 is 20.8 Å². The monoisotopic (exact) mass is 245 g/mol. The Morgan fingerprint density at radius 2 is 2.17 bits per heavy atom. The molecule has 0 fully saturated rings. The molecular weight excluding hydrogens is 230 g/mol. The van der Waals surface area contributed by atoms with Crippen molar-refractivity contribution in [3.63, 3.8) is 0 Å². The molecule has 18 heavy (non-hydrogen) atoms. The minimum atomic E-state index is -0.254. The van der Waals surface area contributed by atoms with Crippen molar-refractivity contribution in [1.82, 2.24) is 4.98 Å². The van der Waals surface area contributed by atoms with Gasteiger partial charge in [-0.25, -0.2) is 0 Å². The van der Waals surface area contributed by atoms with Crippen LogP contribution in [-0.2, 0) is 0 Å². The number of aryl methyl sites for hydroxylation is 1. The average Bonchev–Trinajstić information content (AvgIpc) is 2.76. The summed E-state index contributed by atoms with van der Waals surface area (Å²) < 4.78 is 5.19. The lowest BCUT2D eigenvalue weighted by Crippen LogP contribution is -2.13. The van der Waals surface area contributed by atoms with Crippen LogP contribution in [0.3, 0.4) is 0 Å². The number of rotatable bonds is 3. The maximum atomic E-state index is 12.0. The fourth-order valence-corrected chi connectivity index (χ4v) is 1.65. The molecule has 2 rings (SSSR count). The molecule has 5 nitrogen and oxygen atoms in total. The number of hydrogen-bond donors (Lipinski definition) is 3. The van der Waals surface area contributed by atoms with Crippen LogP contribution in [0.2, 0.25) is 0 Å². The second kappa shape index (κ2) is 4.83. The number of benzene rings is 1. The molecule has 0 aliphatic rings. The molecule has 4 N–H and O–H groups in total. The summed E-state index contributed by atoms with van der Waals surface area (Å²) in [5.74, 6) is 0.365. The third kappa shape index (κ3) is 2.45. The first-order chi connectivity index (χ1) is 8.60. The van der Waals surface area contributed by atoms with E-state index in [0.717, 1.165) is 5.56 Å². The number of amides is 1. The van der Waals surface area contributed by atoms with E-state index >= 15 is 0 Å². The third-order valence-electron chi connectivity index (χ3n) is 2.55. The zero-order chi connectivity index (χ0) is 13.1. The van der Waals surface area contributed by atoms with Gasteiger partial charge in [-0.1, -0.05) is 6.07 Å². The molecule has 0 spiro atoms. The van der Waals surface area contributed by atoms with Crippen LogP contribution in [0.15, 0.2) is 30.5 Å². The van der Waals surface area contributed by atoms with Gasteiger partial charge in [0.25, 0.3) is 5.91 Å².